The molecule has 0 bridgehead atoms. The van der Waals surface area contributed by atoms with Crippen LogP contribution in [0.2, 0.25) is 0 Å². The van der Waals surface area contributed by atoms with E-state index < -0.39 is 0 Å². The zero-order valence-corrected chi connectivity index (χ0v) is 13.2. The molecule has 1 N–H and O–H groups in total. The number of fused-ring (bicyclic) bond motifs is 3. The van der Waals surface area contributed by atoms with Gasteiger partial charge in [-0.15, -0.1) is 0 Å². The Morgan fingerprint density at radius 2 is 1.95 bits per heavy atom. The first-order chi connectivity index (χ1) is 10.6. The summed E-state index contributed by atoms with van der Waals surface area (Å²) in [6.45, 7) is 4.41. The van der Waals surface area contributed by atoms with Gasteiger partial charge in [0.1, 0.15) is 5.75 Å². The van der Waals surface area contributed by atoms with Crippen LogP contribution in [0.25, 0.3) is 0 Å². The molecule has 2 heterocycles. The SMILES string of the molecule is CN1c2ccc(O)cc2[C@]2(C)CCN(Cc3ccccc3)C12. The number of anilines is 1. The van der Waals surface area contributed by atoms with Gasteiger partial charge in [0, 0.05) is 31.2 Å². The highest BCUT2D eigenvalue weighted by Crippen LogP contribution is 2.52. The smallest absolute Gasteiger partial charge is 0.116 e. The van der Waals surface area contributed by atoms with Crippen molar-refractivity contribution in [2.24, 2.45) is 0 Å². The fourth-order valence-corrected chi connectivity index (χ4v) is 4.38. The van der Waals surface area contributed by atoms with Gasteiger partial charge in [0.15, 0.2) is 0 Å². The first kappa shape index (κ1) is 13.6. The van der Waals surface area contributed by atoms with E-state index in [1.54, 1.807) is 6.07 Å². The van der Waals surface area contributed by atoms with Crippen LogP contribution in [-0.2, 0) is 12.0 Å². The third-order valence-electron chi connectivity index (χ3n) is 5.40. The van der Waals surface area contributed by atoms with Gasteiger partial charge in [-0.05, 0) is 35.7 Å². The van der Waals surface area contributed by atoms with Gasteiger partial charge in [0.2, 0.25) is 0 Å². The van der Waals surface area contributed by atoms with Gasteiger partial charge < -0.3 is 10.0 Å². The number of benzene rings is 2. The Balaban J connectivity index is 1.69. The van der Waals surface area contributed by atoms with E-state index in [2.05, 4.69) is 60.2 Å². The number of hydrogen-bond acceptors (Lipinski definition) is 3. The fraction of sp³-hybridized carbons (Fsp3) is 0.368. The van der Waals surface area contributed by atoms with Crippen molar-refractivity contribution in [2.75, 3.05) is 18.5 Å². The van der Waals surface area contributed by atoms with Crippen molar-refractivity contribution in [1.29, 1.82) is 0 Å². The lowest BCUT2D eigenvalue weighted by Crippen LogP contribution is -2.46. The van der Waals surface area contributed by atoms with Crippen molar-refractivity contribution in [3.8, 4) is 5.75 Å². The molecular weight excluding hydrogens is 272 g/mol. The van der Waals surface area contributed by atoms with Crippen LogP contribution in [0.1, 0.15) is 24.5 Å². The minimum absolute atomic E-state index is 0.0948. The van der Waals surface area contributed by atoms with E-state index in [1.807, 2.05) is 6.07 Å². The van der Waals surface area contributed by atoms with Gasteiger partial charge >= 0.3 is 0 Å². The van der Waals surface area contributed by atoms with Crippen molar-refractivity contribution in [3.05, 3.63) is 59.7 Å². The van der Waals surface area contributed by atoms with Crippen LogP contribution in [-0.4, -0.2) is 29.8 Å². The van der Waals surface area contributed by atoms with Gasteiger partial charge in [0.25, 0.3) is 0 Å². The summed E-state index contributed by atoms with van der Waals surface area (Å²) in [5, 5.41) is 9.89. The summed E-state index contributed by atoms with van der Waals surface area (Å²) < 4.78 is 0. The Labute approximate surface area is 131 Å². The molecule has 2 aromatic rings. The van der Waals surface area contributed by atoms with Crippen LogP contribution in [0.3, 0.4) is 0 Å². The second-order valence-corrected chi connectivity index (χ2v) is 6.81. The standard InChI is InChI=1S/C19H22N2O/c1-19-10-11-21(13-14-6-4-3-5-7-14)18(19)20(2)17-9-8-15(22)12-16(17)19/h3-9,12,18,22H,10-11,13H2,1-2H3/t18?,19-/m0/s1. The molecule has 0 radical (unpaired) electrons. The van der Waals surface area contributed by atoms with Crippen LogP contribution in [0.4, 0.5) is 5.69 Å². The lowest BCUT2D eigenvalue weighted by molar-refractivity contribution is 0.215. The Morgan fingerprint density at radius 1 is 1.18 bits per heavy atom. The number of likely N-dealkylation sites (tertiary alicyclic amines) is 1. The van der Waals surface area contributed by atoms with Crippen LogP contribution in [0, 0.1) is 0 Å². The highest BCUT2D eigenvalue weighted by molar-refractivity contribution is 5.66. The van der Waals surface area contributed by atoms with Crippen molar-refractivity contribution >= 4 is 5.69 Å². The summed E-state index contributed by atoms with van der Waals surface area (Å²) in [7, 11) is 2.18. The molecule has 2 atom stereocenters. The normalized spacial score (nSPS) is 27.0. The van der Waals surface area contributed by atoms with Crippen LogP contribution >= 0.6 is 0 Å². The highest BCUT2D eigenvalue weighted by atomic mass is 16.3. The fourth-order valence-electron chi connectivity index (χ4n) is 4.38. The number of phenolic OH excluding ortho intramolecular Hbond substituents is 1. The second kappa shape index (κ2) is 4.75. The number of likely N-dealkylation sites (N-methyl/N-ethyl adjacent to an activating group) is 1. The maximum atomic E-state index is 9.89. The number of nitrogens with zero attached hydrogens (tertiary/aromatic N) is 2. The Morgan fingerprint density at radius 3 is 2.73 bits per heavy atom. The summed E-state index contributed by atoms with van der Waals surface area (Å²) in [5.41, 5.74) is 4.00. The van der Waals surface area contributed by atoms with E-state index in [9.17, 15) is 5.11 Å². The van der Waals surface area contributed by atoms with Gasteiger partial charge in [0.05, 0.1) is 6.17 Å². The summed E-state index contributed by atoms with van der Waals surface area (Å²) >= 11 is 0. The topological polar surface area (TPSA) is 26.7 Å². The molecule has 0 saturated carbocycles. The van der Waals surface area contributed by atoms with Crippen molar-refractivity contribution in [1.82, 2.24) is 4.90 Å². The van der Waals surface area contributed by atoms with Crippen molar-refractivity contribution in [2.45, 2.75) is 31.5 Å². The van der Waals surface area contributed by atoms with E-state index >= 15 is 0 Å². The monoisotopic (exact) mass is 294 g/mol. The highest BCUT2D eigenvalue weighted by Gasteiger charge is 2.53. The predicted octanol–water partition coefficient (Wildman–Crippen LogP) is 3.33. The van der Waals surface area contributed by atoms with E-state index in [1.165, 1.54) is 16.8 Å². The first-order valence-electron chi connectivity index (χ1n) is 7.94. The largest absolute Gasteiger partial charge is 0.508 e. The van der Waals surface area contributed by atoms with E-state index in [0.29, 0.717) is 11.9 Å². The molecule has 22 heavy (non-hydrogen) atoms. The summed E-state index contributed by atoms with van der Waals surface area (Å²) in [4.78, 5) is 4.94. The average Bonchev–Trinajstić information content (AvgIpc) is 2.95. The number of rotatable bonds is 2. The van der Waals surface area contributed by atoms with Gasteiger partial charge in [-0.3, -0.25) is 4.90 Å². The third-order valence-corrected chi connectivity index (χ3v) is 5.40. The lowest BCUT2D eigenvalue weighted by atomic mass is 9.81. The molecule has 2 aliphatic heterocycles. The van der Waals surface area contributed by atoms with Gasteiger partial charge in [-0.1, -0.05) is 37.3 Å². The second-order valence-electron chi connectivity index (χ2n) is 6.81. The molecule has 0 aliphatic carbocycles. The molecule has 2 aromatic carbocycles. The zero-order valence-electron chi connectivity index (χ0n) is 13.2. The molecule has 1 fully saturated rings. The molecule has 3 heteroatoms. The molecule has 3 nitrogen and oxygen atoms in total. The summed E-state index contributed by atoms with van der Waals surface area (Å²) in [6.07, 6.45) is 1.50. The van der Waals surface area contributed by atoms with Crippen molar-refractivity contribution in [3.63, 3.8) is 0 Å². The van der Waals surface area contributed by atoms with E-state index in [-0.39, 0.29) is 5.41 Å². The molecule has 0 amide bonds. The lowest BCUT2D eigenvalue weighted by Gasteiger charge is -2.34. The first-order valence-corrected chi connectivity index (χ1v) is 7.94. The predicted molar refractivity (Wildman–Crippen MR) is 89.1 cm³/mol. The number of aromatic hydroxyl groups is 1. The van der Waals surface area contributed by atoms with E-state index in [4.69, 9.17) is 0 Å². The quantitative estimate of drug-likeness (QED) is 0.920. The Bertz CT molecular complexity index is 700. The maximum absolute atomic E-state index is 9.89. The summed E-state index contributed by atoms with van der Waals surface area (Å²) in [5.74, 6) is 0.371. The van der Waals surface area contributed by atoms with Crippen LogP contribution in [0.5, 0.6) is 5.75 Å². The molecule has 114 valence electrons. The third kappa shape index (κ3) is 1.85. The molecule has 2 aliphatic rings. The number of phenols is 1. The zero-order chi connectivity index (χ0) is 15.3. The molecule has 0 spiro atoms. The minimum Gasteiger partial charge on any atom is -0.508 e. The molecule has 1 unspecified atom stereocenters. The van der Waals surface area contributed by atoms with Crippen molar-refractivity contribution < 1.29 is 5.11 Å². The molecular formula is C19H22N2O. The summed E-state index contributed by atoms with van der Waals surface area (Å²) in [6, 6.07) is 16.5. The van der Waals surface area contributed by atoms with Gasteiger partial charge in [-0.2, -0.15) is 0 Å². The maximum Gasteiger partial charge on any atom is 0.116 e. The van der Waals surface area contributed by atoms with Gasteiger partial charge in [-0.25, -0.2) is 0 Å². The molecule has 4 rings (SSSR count). The Hall–Kier alpha value is -2.00. The average molecular weight is 294 g/mol. The van der Waals surface area contributed by atoms with E-state index in [0.717, 1.165) is 19.5 Å². The molecule has 0 aromatic heterocycles. The van der Waals surface area contributed by atoms with Crippen LogP contribution < -0.4 is 4.90 Å². The molecule has 1 saturated heterocycles. The Kier molecular flexibility index (Phi) is 2.95. The number of hydrogen-bond donors (Lipinski definition) is 1. The van der Waals surface area contributed by atoms with Crippen LogP contribution in [0.15, 0.2) is 48.5 Å². The minimum atomic E-state index is 0.0948.